The van der Waals surface area contributed by atoms with Gasteiger partial charge in [0.05, 0.1) is 5.69 Å². The minimum absolute atomic E-state index is 0. The van der Waals surface area contributed by atoms with Gasteiger partial charge in [0.15, 0.2) is 5.13 Å². The molecule has 0 fully saturated rings. The first-order valence-corrected chi connectivity index (χ1v) is 6.55. The monoisotopic (exact) mass is 322 g/mol. The van der Waals surface area contributed by atoms with E-state index in [0.717, 1.165) is 11.3 Å². The normalized spacial score (nSPS) is 9.67. The first kappa shape index (κ1) is 15.2. The summed E-state index contributed by atoms with van der Waals surface area (Å²) in [7, 11) is 0. The fraction of sp³-hybridized carbons (Fsp3) is 0.0909. The van der Waals surface area contributed by atoms with Crippen molar-refractivity contribution in [3.05, 3.63) is 34.7 Å². The Hall–Kier alpha value is -0.810. The molecule has 0 aliphatic heterocycles. The molecule has 1 aromatic heterocycles. The van der Waals surface area contributed by atoms with Crippen LogP contribution >= 0.6 is 46.9 Å². The molecule has 2 rings (SSSR count). The molecule has 0 aliphatic carbocycles. The highest BCUT2D eigenvalue weighted by Gasteiger charge is 2.07. The SMILES string of the molecule is Cl.O=C(CCl)Nc1nc(-c2cccc(Cl)c2)cs1. The molecular formula is C11H9Cl3N2OS. The van der Waals surface area contributed by atoms with Gasteiger partial charge in [0.1, 0.15) is 5.88 Å². The van der Waals surface area contributed by atoms with E-state index in [4.69, 9.17) is 23.2 Å². The van der Waals surface area contributed by atoms with E-state index in [2.05, 4.69) is 10.3 Å². The van der Waals surface area contributed by atoms with Crippen molar-refractivity contribution in [2.45, 2.75) is 0 Å². The lowest BCUT2D eigenvalue weighted by Crippen LogP contribution is -2.12. The van der Waals surface area contributed by atoms with E-state index in [9.17, 15) is 4.79 Å². The Morgan fingerprint density at radius 2 is 2.22 bits per heavy atom. The van der Waals surface area contributed by atoms with Gasteiger partial charge in [0.2, 0.25) is 5.91 Å². The lowest BCUT2D eigenvalue weighted by atomic mass is 10.2. The highest BCUT2D eigenvalue weighted by atomic mass is 35.5. The number of alkyl halides is 1. The van der Waals surface area contributed by atoms with Crippen molar-refractivity contribution in [2.75, 3.05) is 11.2 Å². The number of anilines is 1. The topological polar surface area (TPSA) is 42.0 Å². The molecule has 1 aromatic carbocycles. The van der Waals surface area contributed by atoms with Gasteiger partial charge in [-0.25, -0.2) is 4.98 Å². The van der Waals surface area contributed by atoms with Crippen LogP contribution in [0.25, 0.3) is 11.3 Å². The molecule has 0 unspecified atom stereocenters. The number of hydrogen-bond acceptors (Lipinski definition) is 3. The summed E-state index contributed by atoms with van der Waals surface area (Å²) >= 11 is 12.6. The largest absolute Gasteiger partial charge is 0.301 e. The van der Waals surface area contributed by atoms with E-state index in [-0.39, 0.29) is 24.2 Å². The van der Waals surface area contributed by atoms with Gasteiger partial charge in [0, 0.05) is 16.0 Å². The number of carbonyl (C=O) groups is 1. The zero-order chi connectivity index (χ0) is 12.3. The maximum atomic E-state index is 11.1. The second-order valence-corrected chi connectivity index (χ2v) is 4.79. The van der Waals surface area contributed by atoms with Crippen LogP contribution in [-0.4, -0.2) is 16.8 Å². The number of nitrogens with one attached hydrogen (secondary N) is 1. The van der Waals surface area contributed by atoms with Crippen LogP contribution in [0, 0.1) is 0 Å². The van der Waals surface area contributed by atoms with Crippen molar-refractivity contribution in [2.24, 2.45) is 0 Å². The third-order valence-electron chi connectivity index (χ3n) is 1.99. The van der Waals surface area contributed by atoms with Gasteiger partial charge in [-0.15, -0.1) is 35.3 Å². The van der Waals surface area contributed by atoms with Gasteiger partial charge in [-0.1, -0.05) is 23.7 Å². The molecule has 96 valence electrons. The summed E-state index contributed by atoms with van der Waals surface area (Å²) < 4.78 is 0. The molecule has 0 aliphatic rings. The Balaban J connectivity index is 0.00000162. The number of benzene rings is 1. The van der Waals surface area contributed by atoms with Crippen LogP contribution in [0.2, 0.25) is 5.02 Å². The molecule has 0 atom stereocenters. The standard InChI is InChI=1S/C11H8Cl2N2OS.ClH/c12-5-10(16)15-11-14-9(6-17-11)7-2-1-3-8(13)4-7;/h1-4,6H,5H2,(H,14,15,16);1H. The zero-order valence-electron chi connectivity index (χ0n) is 9.02. The van der Waals surface area contributed by atoms with Crippen molar-refractivity contribution >= 4 is 58.0 Å². The Morgan fingerprint density at radius 1 is 1.44 bits per heavy atom. The van der Waals surface area contributed by atoms with Crippen LogP contribution in [0.3, 0.4) is 0 Å². The Labute approximate surface area is 125 Å². The van der Waals surface area contributed by atoms with E-state index < -0.39 is 0 Å². The molecule has 0 spiro atoms. The number of halogens is 3. The van der Waals surface area contributed by atoms with Crippen LogP contribution < -0.4 is 5.32 Å². The lowest BCUT2D eigenvalue weighted by Gasteiger charge is -1.97. The number of aromatic nitrogens is 1. The summed E-state index contributed by atoms with van der Waals surface area (Å²) in [6, 6.07) is 7.39. The molecule has 0 radical (unpaired) electrons. The molecule has 0 bridgehead atoms. The van der Waals surface area contributed by atoms with Gasteiger partial charge in [-0.3, -0.25) is 4.79 Å². The summed E-state index contributed by atoms with van der Waals surface area (Å²) in [6.07, 6.45) is 0. The first-order chi connectivity index (χ1) is 8.19. The predicted octanol–water partition coefficient (Wildman–Crippen LogP) is 4.06. The van der Waals surface area contributed by atoms with Crippen LogP contribution in [0.1, 0.15) is 0 Å². The fourth-order valence-corrected chi connectivity index (χ4v) is 2.26. The van der Waals surface area contributed by atoms with Gasteiger partial charge >= 0.3 is 0 Å². The fourth-order valence-electron chi connectivity index (χ4n) is 1.26. The average molecular weight is 324 g/mol. The highest BCUT2D eigenvalue weighted by Crippen LogP contribution is 2.26. The summed E-state index contributed by atoms with van der Waals surface area (Å²) in [5.41, 5.74) is 1.70. The molecule has 1 N–H and O–H groups in total. The predicted molar refractivity (Wildman–Crippen MR) is 79.2 cm³/mol. The quantitative estimate of drug-likeness (QED) is 0.865. The number of amides is 1. The number of hydrogen-bond donors (Lipinski definition) is 1. The maximum Gasteiger partial charge on any atom is 0.241 e. The second-order valence-electron chi connectivity index (χ2n) is 3.23. The van der Waals surface area contributed by atoms with E-state index in [1.807, 2.05) is 23.6 Å². The minimum atomic E-state index is -0.265. The van der Waals surface area contributed by atoms with Crippen molar-refractivity contribution in [3.63, 3.8) is 0 Å². The minimum Gasteiger partial charge on any atom is -0.301 e. The Morgan fingerprint density at radius 3 is 2.89 bits per heavy atom. The highest BCUT2D eigenvalue weighted by molar-refractivity contribution is 7.14. The summed E-state index contributed by atoms with van der Waals surface area (Å²) in [5, 5.41) is 5.64. The second kappa shape index (κ2) is 6.95. The molecular weight excluding hydrogens is 315 g/mol. The third kappa shape index (κ3) is 3.85. The third-order valence-corrected chi connectivity index (χ3v) is 3.23. The average Bonchev–Trinajstić information content (AvgIpc) is 2.77. The smallest absolute Gasteiger partial charge is 0.241 e. The number of carbonyl (C=O) groups excluding carboxylic acids is 1. The molecule has 1 heterocycles. The van der Waals surface area contributed by atoms with Crippen molar-refractivity contribution in [1.29, 1.82) is 0 Å². The number of rotatable bonds is 3. The maximum absolute atomic E-state index is 11.1. The van der Waals surface area contributed by atoms with E-state index >= 15 is 0 Å². The van der Waals surface area contributed by atoms with Crippen LogP contribution in [-0.2, 0) is 4.79 Å². The molecule has 0 saturated carbocycles. The number of thiazole rings is 1. The Bertz CT molecular complexity index is 545. The summed E-state index contributed by atoms with van der Waals surface area (Å²) in [5.74, 6) is -0.342. The van der Waals surface area contributed by atoms with Crippen LogP contribution in [0.4, 0.5) is 5.13 Å². The first-order valence-electron chi connectivity index (χ1n) is 4.76. The van der Waals surface area contributed by atoms with Gasteiger partial charge in [0.25, 0.3) is 0 Å². The molecule has 7 heteroatoms. The van der Waals surface area contributed by atoms with Crippen LogP contribution in [0.15, 0.2) is 29.6 Å². The molecule has 2 aromatic rings. The summed E-state index contributed by atoms with van der Waals surface area (Å²) in [6.45, 7) is 0. The van der Waals surface area contributed by atoms with Gasteiger partial charge in [-0.2, -0.15) is 0 Å². The van der Waals surface area contributed by atoms with Gasteiger partial charge in [-0.05, 0) is 12.1 Å². The molecule has 18 heavy (non-hydrogen) atoms. The van der Waals surface area contributed by atoms with Crippen LogP contribution in [0.5, 0.6) is 0 Å². The summed E-state index contributed by atoms with van der Waals surface area (Å²) in [4.78, 5) is 15.4. The molecule has 1 amide bonds. The number of nitrogens with zero attached hydrogens (tertiary/aromatic N) is 1. The van der Waals surface area contributed by atoms with E-state index in [1.54, 1.807) is 6.07 Å². The van der Waals surface area contributed by atoms with Crippen molar-refractivity contribution in [1.82, 2.24) is 4.98 Å². The van der Waals surface area contributed by atoms with E-state index in [1.165, 1.54) is 11.3 Å². The van der Waals surface area contributed by atoms with Crippen molar-refractivity contribution < 1.29 is 4.79 Å². The van der Waals surface area contributed by atoms with E-state index in [0.29, 0.717) is 10.2 Å². The van der Waals surface area contributed by atoms with Crippen molar-refractivity contribution in [3.8, 4) is 11.3 Å². The molecule has 3 nitrogen and oxygen atoms in total. The van der Waals surface area contributed by atoms with Gasteiger partial charge < -0.3 is 5.32 Å². The Kier molecular flexibility index (Phi) is 5.88. The molecule has 0 saturated heterocycles. The lowest BCUT2D eigenvalue weighted by molar-refractivity contribution is -0.113. The zero-order valence-corrected chi connectivity index (χ0v) is 12.2.